The van der Waals surface area contributed by atoms with Gasteiger partial charge in [-0.15, -0.1) is 4.91 Å². The lowest BCUT2D eigenvalue weighted by Crippen LogP contribution is -2.30. The molecule has 11 heavy (non-hydrogen) atoms. The lowest BCUT2D eigenvalue weighted by Gasteiger charge is -2.13. The highest BCUT2D eigenvalue weighted by atomic mass is 32.2. The summed E-state index contributed by atoms with van der Waals surface area (Å²) in [5.41, 5.74) is 0. The summed E-state index contributed by atoms with van der Waals surface area (Å²) < 4.78 is 4.07. The molecule has 1 aliphatic rings. The van der Waals surface area contributed by atoms with Gasteiger partial charge in [0.05, 0.1) is 0 Å². The molecule has 0 aromatic carbocycles. The molecule has 5 nitrogen and oxygen atoms in total. The molecular formula is C5H8N2O3S. The van der Waals surface area contributed by atoms with E-state index in [2.05, 4.69) is 4.58 Å². The largest absolute Gasteiger partial charge is 0.480 e. The lowest BCUT2D eigenvalue weighted by atomic mass is 10.2. The van der Waals surface area contributed by atoms with Crippen molar-refractivity contribution < 1.29 is 9.90 Å². The molecule has 62 valence electrons. The highest BCUT2D eigenvalue weighted by Gasteiger charge is 2.31. The van der Waals surface area contributed by atoms with E-state index in [1.807, 2.05) is 0 Å². The average Bonchev–Trinajstić information content (AvgIpc) is 2.36. The fraction of sp³-hybridized carbons (Fsp3) is 0.800. The molecule has 0 radical (unpaired) electrons. The molecule has 6 heteroatoms. The first kappa shape index (κ1) is 8.48. The molecule has 0 aromatic heterocycles. The second-order valence-electron chi connectivity index (χ2n) is 2.29. The number of nitroso groups, excluding NO2 is 1. The second-order valence-corrected chi connectivity index (χ2v) is 3.07. The Morgan fingerprint density at radius 3 is 3.00 bits per heavy atom. The third-order valence-electron chi connectivity index (χ3n) is 1.63. The highest BCUT2D eigenvalue weighted by Crippen LogP contribution is 2.25. The van der Waals surface area contributed by atoms with E-state index in [0.29, 0.717) is 25.1 Å². The van der Waals surface area contributed by atoms with Crippen LogP contribution in [0.3, 0.4) is 0 Å². The van der Waals surface area contributed by atoms with Gasteiger partial charge in [-0.25, -0.2) is 4.31 Å². The van der Waals surface area contributed by atoms with Gasteiger partial charge in [0.2, 0.25) is 0 Å². The summed E-state index contributed by atoms with van der Waals surface area (Å²) in [6.07, 6.45) is 1.43. The van der Waals surface area contributed by atoms with E-state index < -0.39 is 12.0 Å². The fourth-order valence-corrected chi connectivity index (χ4v) is 1.73. The third kappa shape index (κ3) is 1.90. The molecule has 0 aliphatic carbocycles. The molecule has 0 amide bonds. The van der Waals surface area contributed by atoms with Gasteiger partial charge in [-0.3, -0.25) is 4.79 Å². The normalized spacial score (nSPS) is 25.3. The zero-order valence-corrected chi connectivity index (χ0v) is 6.58. The first-order chi connectivity index (χ1) is 5.25. The van der Waals surface area contributed by atoms with Crippen LogP contribution in [0.15, 0.2) is 4.58 Å². The van der Waals surface area contributed by atoms with Crippen LogP contribution in [0.25, 0.3) is 0 Å². The van der Waals surface area contributed by atoms with Crippen LogP contribution in [0, 0.1) is 4.91 Å². The van der Waals surface area contributed by atoms with Gasteiger partial charge in [0, 0.05) is 11.1 Å². The maximum Gasteiger partial charge on any atom is 0.321 e. The zero-order valence-electron chi connectivity index (χ0n) is 5.77. The van der Waals surface area contributed by atoms with Crippen molar-refractivity contribution >= 4 is 18.1 Å². The van der Waals surface area contributed by atoms with Crippen molar-refractivity contribution in [1.29, 1.82) is 0 Å². The van der Waals surface area contributed by atoms with Gasteiger partial charge < -0.3 is 5.11 Å². The maximum absolute atomic E-state index is 10.5. The standard InChI is InChI=1S/C5H8N2O3S/c8-5(9)4-2-1-3-7(4)11-6-10/h4H,1-3H2,(H,8,9). The van der Waals surface area contributed by atoms with E-state index in [4.69, 9.17) is 5.11 Å². The predicted octanol–water partition coefficient (Wildman–Crippen LogP) is 0.865. The van der Waals surface area contributed by atoms with Crippen molar-refractivity contribution in [2.24, 2.45) is 4.58 Å². The molecule has 1 unspecified atom stereocenters. The number of hydrogen-bond acceptors (Lipinski definition) is 5. The van der Waals surface area contributed by atoms with Gasteiger partial charge in [-0.05, 0) is 12.8 Å². The van der Waals surface area contributed by atoms with E-state index in [-0.39, 0.29) is 0 Å². The highest BCUT2D eigenvalue weighted by molar-refractivity contribution is 7.95. The summed E-state index contributed by atoms with van der Waals surface area (Å²) in [6.45, 7) is 0.632. The molecule has 1 rings (SSSR count). The summed E-state index contributed by atoms with van der Waals surface area (Å²) in [4.78, 5) is 20.3. The summed E-state index contributed by atoms with van der Waals surface area (Å²) in [5, 5.41) is 8.61. The van der Waals surface area contributed by atoms with Crippen LogP contribution in [-0.4, -0.2) is 28.0 Å². The smallest absolute Gasteiger partial charge is 0.321 e. The Kier molecular flexibility index (Phi) is 2.84. The van der Waals surface area contributed by atoms with Crippen molar-refractivity contribution in [2.45, 2.75) is 18.9 Å². The van der Waals surface area contributed by atoms with E-state index in [1.165, 1.54) is 4.31 Å². The van der Waals surface area contributed by atoms with Crippen molar-refractivity contribution in [2.75, 3.05) is 6.54 Å². The van der Waals surface area contributed by atoms with Crippen molar-refractivity contribution in [1.82, 2.24) is 4.31 Å². The number of nitrogens with zero attached hydrogens (tertiary/aromatic N) is 2. The molecular weight excluding hydrogens is 168 g/mol. The number of carboxylic acid groups (broad SMARTS) is 1. The first-order valence-corrected chi connectivity index (χ1v) is 3.98. The summed E-state index contributed by atoms with van der Waals surface area (Å²) >= 11 is 0.697. The SMILES string of the molecule is O=NSN1CCCC1C(=O)O. The Morgan fingerprint density at radius 2 is 2.45 bits per heavy atom. The quantitative estimate of drug-likeness (QED) is 0.510. The van der Waals surface area contributed by atoms with Crippen molar-refractivity contribution in [3.05, 3.63) is 4.91 Å². The van der Waals surface area contributed by atoms with Crippen LogP contribution in [0.4, 0.5) is 0 Å². The fourth-order valence-electron chi connectivity index (χ4n) is 1.13. The van der Waals surface area contributed by atoms with Gasteiger partial charge in [0.1, 0.15) is 18.2 Å². The Labute approximate surface area is 68.0 Å². The van der Waals surface area contributed by atoms with E-state index in [1.54, 1.807) is 0 Å². The zero-order chi connectivity index (χ0) is 8.27. The van der Waals surface area contributed by atoms with Crippen LogP contribution in [0.2, 0.25) is 0 Å². The molecule has 1 atom stereocenters. The molecule has 0 aromatic rings. The topological polar surface area (TPSA) is 70.0 Å². The van der Waals surface area contributed by atoms with Gasteiger partial charge >= 0.3 is 5.97 Å². The Hall–Kier alpha value is -0.620. The van der Waals surface area contributed by atoms with Crippen LogP contribution in [0.5, 0.6) is 0 Å². The summed E-state index contributed by atoms with van der Waals surface area (Å²) in [6, 6.07) is -0.530. The minimum absolute atomic E-state index is 0.530. The monoisotopic (exact) mass is 176 g/mol. The van der Waals surface area contributed by atoms with Gasteiger partial charge in [0.15, 0.2) is 0 Å². The average molecular weight is 176 g/mol. The Bertz CT molecular complexity index is 175. The third-order valence-corrected chi connectivity index (χ3v) is 2.34. The minimum Gasteiger partial charge on any atom is -0.480 e. The van der Waals surface area contributed by atoms with Crippen LogP contribution >= 0.6 is 12.1 Å². The van der Waals surface area contributed by atoms with Gasteiger partial charge in [0.25, 0.3) is 0 Å². The number of hydrogen-bond donors (Lipinski definition) is 1. The van der Waals surface area contributed by atoms with Crippen LogP contribution in [-0.2, 0) is 4.79 Å². The molecule has 1 aliphatic heterocycles. The van der Waals surface area contributed by atoms with E-state index in [9.17, 15) is 9.70 Å². The van der Waals surface area contributed by atoms with Gasteiger partial charge in [-0.2, -0.15) is 0 Å². The lowest BCUT2D eigenvalue weighted by molar-refractivity contribution is -0.140. The van der Waals surface area contributed by atoms with Crippen molar-refractivity contribution in [3.63, 3.8) is 0 Å². The molecule has 1 N–H and O–H groups in total. The molecule has 1 heterocycles. The molecule has 0 spiro atoms. The van der Waals surface area contributed by atoms with E-state index in [0.717, 1.165) is 6.42 Å². The van der Waals surface area contributed by atoms with Gasteiger partial charge in [-0.1, -0.05) is 0 Å². The number of rotatable bonds is 3. The minimum atomic E-state index is -0.876. The van der Waals surface area contributed by atoms with Crippen molar-refractivity contribution in [3.8, 4) is 0 Å². The van der Waals surface area contributed by atoms with E-state index >= 15 is 0 Å². The van der Waals surface area contributed by atoms with Crippen LogP contribution < -0.4 is 0 Å². The summed E-state index contributed by atoms with van der Waals surface area (Å²) in [5.74, 6) is -0.876. The number of carboxylic acids is 1. The predicted molar refractivity (Wildman–Crippen MR) is 40.7 cm³/mol. The Morgan fingerprint density at radius 1 is 1.73 bits per heavy atom. The molecule has 0 bridgehead atoms. The second kappa shape index (κ2) is 3.68. The molecule has 0 saturated carbocycles. The maximum atomic E-state index is 10.5. The summed E-state index contributed by atoms with van der Waals surface area (Å²) in [7, 11) is 0. The molecule has 1 fully saturated rings. The number of carbonyl (C=O) groups is 1. The Balaban J connectivity index is 2.50. The number of aliphatic carboxylic acids is 1. The molecule has 1 saturated heterocycles. The van der Waals surface area contributed by atoms with Crippen LogP contribution in [0.1, 0.15) is 12.8 Å². The first-order valence-electron chi connectivity index (χ1n) is 3.25.